The molecule has 0 atom stereocenters. The van der Waals surface area contributed by atoms with Crippen molar-refractivity contribution in [2.45, 2.75) is 12.8 Å². The van der Waals surface area contributed by atoms with Gasteiger partial charge in [0.2, 0.25) is 0 Å². The monoisotopic (exact) mass is 380 g/mol. The van der Waals surface area contributed by atoms with Gasteiger partial charge in [0.15, 0.2) is 6.61 Å². The van der Waals surface area contributed by atoms with Crippen LogP contribution in [0.5, 0.6) is 0 Å². The van der Waals surface area contributed by atoms with Crippen molar-refractivity contribution < 1.29 is 14.3 Å². The first kappa shape index (κ1) is 19.1. The maximum absolute atomic E-state index is 12.0. The fourth-order valence-electron chi connectivity index (χ4n) is 2.18. The van der Waals surface area contributed by atoms with Crippen molar-refractivity contribution in [1.29, 1.82) is 0 Å². The van der Waals surface area contributed by atoms with Crippen LogP contribution in [0.3, 0.4) is 0 Å². The first-order valence-electron chi connectivity index (χ1n) is 7.69. The number of benzene rings is 2. The minimum Gasteiger partial charge on any atom is -0.452 e. The standard InChI is InChI=1S/C18H18Cl2N2O3/c19-13-9-14(17(21)15(20)10-13)18(24)25-11-16(23)22-8-4-7-12-5-2-1-3-6-12/h1-3,5-6,9-10H,4,7-8,11,21H2,(H,22,23). The van der Waals surface area contributed by atoms with Crippen LogP contribution in [0, 0.1) is 0 Å². The molecule has 1 amide bonds. The minimum atomic E-state index is -0.749. The molecule has 5 nitrogen and oxygen atoms in total. The molecule has 0 saturated carbocycles. The van der Waals surface area contributed by atoms with Gasteiger partial charge >= 0.3 is 5.97 Å². The number of amides is 1. The van der Waals surface area contributed by atoms with Crippen LogP contribution in [-0.2, 0) is 16.0 Å². The molecule has 0 saturated heterocycles. The summed E-state index contributed by atoms with van der Waals surface area (Å²) in [7, 11) is 0. The number of ether oxygens (including phenoxy) is 1. The molecule has 0 bridgehead atoms. The molecule has 2 aromatic carbocycles. The molecule has 0 spiro atoms. The number of rotatable bonds is 7. The Balaban J connectivity index is 1.73. The normalized spacial score (nSPS) is 10.3. The summed E-state index contributed by atoms with van der Waals surface area (Å²) in [5.74, 6) is -1.13. The average Bonchev–Trinajstić information content (AvgIpc) is 2.60. The van der Waals surface area contributed by atoms with Gasteiger partial charge in [-0.15, -0.1) is 0 Å². The number of anilines is 1. The Kier molecular flexibility index (Phi) is 7.10. The molecule has 25 heavy (non-hydrogen) atoms. The zero-order valence-electron chi connectivity index (χ0n) is 13.4. The second-order valence-electron chi connectivity index (χ2n) is 5.36. The van der Waals surface area contributed by atoms with Crippen LogP contribution in [0.15, 0.2) is 42.5 Å². The number of esters is 1. The van der Waals surface area contributed by atoms with Gasteiger partial charge in [0.25, 0.3) is 5.91 Å². The smallest absolute Gasteiger partial charge is 0.340 e. The van der Waals surface area contributed by atoms with Crippen LogP contribution >= 0.6 is 23.2 Å². The van der Waals surface area contributed by atoms with Gasteiger partial charge in [0.05, 0.1) is 16.3 Å². The van der Waals surface area contributed by atoms with Crippen molar-refractivity contribution in [3.63, 3.8) is 0 Å². The summed E-state index contributed by atoms with van der Waals surface area (Å²) in [5.41, 5.74) is 7.03. The maximum Gasteiger partial charge on any atom is 0.340 e. The van der Waals surface area contributed by atoms with E-state index in [2.05, 4.69) is 5.32 Å². The van der Waals surface area contributed by atoms with Gasteiger partial charge in [-0.05, 0) is 30.5 Å². The number of nitrogens with two attached hydrogens (primary N) is 1. The Morgan fingerprint density at radius 2 is 1.84 bits per heavy atom. The lowest BCUT2D eigenvalue weighted by molar-refractivity contribution is -0.124. The van der Waals surface area contributed by atoms with E-state index in [0.717, 1.165) is 12.8 Å². The van der Waals surface area contributed by atoms with Crippen molar-refractivity contribution in [2.75, 3.05) is 18.9 Å². The van der Waals surface area contributed by atoms with E-state index in [1.807, 2.05) is 30.3 Å². The molecular formula is C18H18Cl2N2O3. The number of carbonyl (C=O) groups excluding carboxylic acids is 2. The van der Waals surface area contributed by atoms with E-state index in [4.69, 9.17) is 33.7 Å². The first-order chi connectivity index (χ1) is 12.0. The molecule has 0 aliphatic rings. The highest BCUT2D eigenvalue weighted by atomic mass is 35.5. The van der Waals surface area contributed by atoms with E-state index in [1.165, 1.54) is 17.7 Å². The van der Waals surface area contributed by atoms with Crippen LogP contribution in [0.1, 0.15) is 22.3 Å². The number of hydrogen-bond donors (Lipinski definition) is 2. The molecule has 0 radical (unpaired) electrons. The van der Waals surface area contributed by atoms with Crippen LogP contribution in [-0.4, -0.2) is 25.0 Å². The Morgan fingerprint density at radius 1 is 1.12 bits per heavy atom. The number of halogens is 2. The lowest BCUT2D eigenvalue weighted by Crippen LogP contribution is -2.30. The number of carbonyl (C=O) groups is 2. The third kappa shape index (κ3) is 5.96. The molecule has 0 fully saturated rings. The van der Waals surface area contributed by atoms with E-state index in [0.29, 0.717) is 6.54 Å². The third-order valence-electron chi connectivity index (χ3n) is 3.46. The molecule has 2 rings (SSSR count). The van der Waals surface area contributed by atoms with Crippen LogP contribution in [0.4, 0.5) is 5.69 Å². The quantitative estimate of drug-likeness (QED) is 0.437. The summed E-state index contributed by atoms with van der Waals surface area (Å²) in [6, 6.07) is 12.7. The van der Waals surface area contributed by atoms with Gasteiger partial charge in [-0.1, -0.05) is 53.5 Å². The van der Waals surface area contributed by atoms with E-state index in [1.54, 1.807) is 0 Å². The van der Waals surface area contributed by atoms with E-state index < -0.39 is 12.6 Å². The summed E-state index contributed by atoms with van der Waals surface area (Å²) in [4.78, 5) is 23.7. The first-order valence-corrected chi connectivity index (χ1v) is 8.45. The summed E-state index contributed by atoms with van der Waals surface area (Å²) < 4.78 is 4.95. The highest BCUT2D eigenvalue weighted by molar-refractivity contribution is 6.37. The number of nitrogens with one attached hydrogen (secondary N) is 1. The van der Waals surface area contributed by atoms with Crippen molar-refractivity contribution in [1.82, 2.24) is 5.32 Å². The molecule has 0 aromatic heterocycles. The number of hydrogen-bond acceptors (Lipinski definition) is 4. The van der Waals surface area contributed by atoms with Crippen molar-refractivity contribution in [3.05, 3.63) is 63.6 Å². The fourth-order valence-corrected chi connectivity index (χ4v) is 2.67. The van der Waals surface area contributed by atoms with E-state index in [9.17, 15) is 9.59 Å². The minimum absolute atomic E-state index is 0.0365. The van der Waals surface area contributed by atoms with E-state index >= 15 is 0 Å². The Bertz CT molecular complexity index is 751. The zero-order valence-corrected chi connectivity index (χ0v) is 14.9. The van der Waals surface area contributed by atoms with Crippen LogP contribution < -0.4 is 11.1 Å². The van der Waals surface area contributed by atoms with Gasteiger partial charge in [0, 0.05) is 11.6 Å². The predicted molar refractivity (Wildman–Crippen MR) is 98.9 cm³/mol. The molecule has 0 aliphatic carbocycles. The SMILES string of the molecule is Nc1c(Cl)cc(Cl)cc1C(=O)OCC(=O)NCCCc1ccccc1. The van der Waals surface area contributed by atoms with Crippen LogP contribution in [0.25, 0.3) is 0 Å². The summed E-state index contributed by atoms with van der Waals surface area (Å²) in [6.45, 7) is 0.101. The molecule has 0 heterocycles. The van der Waals surface area contributed by atoms with Gasteiger partial charge in [-0.2, -0.15) is 0 Å². The van der Waals surface area contributed by atoms with Crippen LogP contribution in [0.2, 0.25) is 10.0 Å². The lowest BCUT2D eigenvalue weighted by atomic mass is 10.1. The Morgan fingerprint density at radius 3 is 2.56 bits per heavy atom. The molecule has 132 valence electrons. The van der Waals surface area contributed by atoms with Gasteiger partial charge in [0.1, 0.15) is 0 Å². The van der Waals surface area contributed by atoms with Gasteiger partial charge < -0.3 is 15.8 Å². The number of aryl methyl sites for hydroxylation is 1. The molecule has 3 N–H and O–H groups in total. The second kappa shape index (κ2) is 9.30. The largest absolute Gasteiger partial charge is 0.452 e. The Hall–Kier alpha value is -2.24. The highest BCUT2D eigenvalue weighted by Crippen LogP contribution is 2.27. The second-order valence-corrected chi connectivity index (χ2v) is 6.21. The van der Waals surface area contributed by atoms with Crippen molar-refractivity contribution >= 4 is 40.8 Å². The Labute approximate surface area is 156 Å². The average molecular weight is 381 g/mol. The summed E-state index contributed by atoms with van der Waals surface area (Å²) in [5, 5.41) is 3.12. The van der Waals surface area contributed by atoms with Gasteiger partial charge in [-0.25, -0.2) is 4.79 Å². The van der Waals surface area contributed by atoms with Crippen molar-refractivity contribution in [3.8, 4) is 0 Å². The maximum atomic E-state index is 12.0. The summed E-state index contributed by atoms with van der Waals surface area (Å²) >= 11 is 11.7. The lowest BCUT2D eigenvalue weighted by Gasteiger charge is -2.09. The van der Waals surface area contributed by atoms with Gasteiger partial charge in [-0.3, -0.25) is 4.79 Å². The topological polar surface area (TPSA) is 81.4 Å². The molecular weight excluding hydrogens is 363 g/mol. The molecule has 7 heteroatoms. The molecule has 2 aromatic rings. The number of nitrogen functional groups attached to an aromatic ring is 1. The van der Waals surface area contributed by atoms with E-state index in [-0.39, 0.29) is 27.2 Å². The molecule has 0 aliphatic heterocycles. The third-order valence-corrected chi connectivity index (χ3v) is 3.99. The summed E-state index contributed by atoms with van der Waals surface area (Å²) in [6.07, 6.45) is 1.65. The molecule has 0 unspecified atom stereocenters. The highest BCUT2D eigenvalue weighted by Gasteiger charge is 2.16. The fraction of sp³-hybridized carbons (Fsp3) is 0.222. The zero-order chi connectivity index (χ0) is 18.2. The van der Waals surface area contributed by atoms with Crippen molar-refractivity contribution in [2.24, 2.45) is 0 Å². The predicted octanol–water partition coefficient (Wildman–Crippen LogP) is 3.48.